The van der Waals surface area contributed by atoms with Gasteiger partial charge in [-0.1, -0.05) is 32.5 Å². The van der Waals surface area contributed by atoms with E-state index in [1.54, 1.807) is 18.7 Å². The van der Waals surface area contributed by atoms with Gasteiger partial charge in [-0.3, -0.25) is 24.1 Å². The van der Waals surface area contributed by atoms with Crippen LogP contribution in [-0.2, 0) is 19.2 Å². The van der Waals surface area contributed by atoms with Crippen LogP contribution in [0, 0.1) is 5.92 Å². The zero-order valence-electron chi connectivity index (χ0n) is 18.6. The lowest BCUT2D eigenvalue weighted by molar-refractivity contribution is -0.134. The number of fused-ring (bicyclic) bond motifs is 2. The van der Waals surface area contributed by atoms with E-state index < -0.39 is 23.7 Å². The summed E-state index contributed by atoms with van der Waals surface area (Å²) in [6, 6.07) is -1.85. The fourth-order valence-electron chi connectivity index (χ4n) is 4.53. The van der Waals surface area contributed by atoms with Crippen molar-refractivity contribution in [3.05, 3.63) is 0 Å². The number of nitrogens with zero attached hydrogens (tertiary/aromatic N) is 2. The molecular formula is C21H34N4O4S. The van der Waals surface area contributed by atoms with E-state index in [0.29, 0.717) is 31.7 Å². The number of amides is 3. The molecule has 2 N–H and O–H groups in total. The summed E-state index contributed by atoms with van der Waals surface area (Å²) in [7, 11) is 0. The summed E-state index contributed by atoms with van der Waals surface area (Å²) < 4.78 is 0. The number of carbonyl (C=O) groups excluding carboxylic acids is 4. The van der Waals surface area contributed by atoms with Crippen LogP contribution in [0.5, 0.6) is 0 Å². The number of hydrogen-bond donors (Lipinski definition) is 2. The van der Waals surface area contributed by atoms with Gasteiger partial charge in [-0.2, -0.15) is 0 Å². The Morgan fingerprint density at radius 2 is 2.00 bits per heavy atom. The number of carbonyl (C=O) groups is 4. The quantitative estimate of drug-likeness (QED) is 0.594. The van der Waals surface area contributed by atoms with Crippen LogP contribution in [0.2, 0.25) is 0 Å². The Balaban J connectivity index is 1.86. The first-order chi connectivity index (χ1) is 14.1. The maximum Gasteiger partial charge on any atom is 0.245 e. The molecule has 0 aromatic heterocycles. The first kappa shape index (κ1) is 23.1. The SMILES string of the molecule is CCSC(=O)C(C)(C)NC(=O)[C@H]1[C@@H]2CN2C(=O)[C@H](CC(C)C)NC(=O)[C@@H]2CCCN21. The van der Waals surface area contributed by atoms with Gasteiger partial charge in [0.05, 0.1) is 12.1 Å². The zero-order valence-corrected chi connectivity index (χ0v) is 19.4. The molecule has 0 bridgehead atoms. The van der Waals surface area contributed by atoms with Crippen molar-refractivity contribution in [2.45, 2.75) is 83.6 Å². The van der Waals surface area contributed by atoms with E-state index in [1.165, 1.54) is 11.8 Å². The lowest BCUT2D eigenvalue weighted by Crippen LogP contribution is -2.60. The van der Waals surface area contributed by atoms with Crippen LogP contribution in [-0.4, -0.2) is 81.2 Å². The van der Waals surface area contributed by atoms with Gasteiger partial charge in [-0.05, 0) is 51.3 Å². The molecule has 3 heterocycles. The van der Waals surface area contributed by atoms with Gasteiger partial charge in [-0.25, -0.2) is 0 Å². The lowest BCUT2D eigenvalue weighted by Gasteiger charge is -2.33. The third kappa shape index (κ3) is 4.66. The molecule has 8 nitrogen and oxygen atoms in total. The minimum Gasteiger partial charge on any atom is -0.343 e. The Morgan fingerprint density at radius 3 is 2.63 bits per heavy atom. The molecule has 0 aliphatic carbocycles. The first-order valence-electron chi connectivity index (χ1n) is 10.9. The molecule has 9 heteroatoms. The average Bonchev–Trinajstić information content (AvgIpc) is 3.26. The van der Waals surface area contributed by atoms with Gasteiger partial charge in [0.1, 0.15) is 17.6 Å². The summed E-state index contributed by atoms with van der Waals surface area (Å²) in [5, 5.41) is 5.75. The zero-order chi connectivity index (χ0) is 22.2. The number of thioether (sulfide) groups is 1. The molecule has 168 valence electrons. The van der Waals surface area contributed by atoms with Crippen LogP contribution in [0.3, 0.4) is 0 Å². The minimum atomic E-state index is -1.02. The fraction of sp³-hybridized carbons (Fsp3) is 0.810. The van der Waals surface area contributed by atoms with E-state index in [-0.39, 0.29) is 34.8 Å². The second kappa shape index (κ2) is 8.86. The molecule has 0 unspecified atom stereocenters. The van der Waals surface area contributed by atoms with Gasteiger partial charge in [0.25, 0.3) is 0 Å². The summed E-state index contributed by atoms with van der Waals surface area (Å²) in [5.74, 6) is 0.326. The van der Waals surface area contributed by atoms with Crippen molar-refractivity contribution in [3.8, 4) is 0 Å². The second-order valence-electron chi connectivity index (χ2n) is 9.42. The predicted octanol–water partition coefficient (Wildman–Crippen LogP) is 0.749. The Kier molecular flexibility index (Phi) is 6.81. The summed E-state index contributed by atoms with van der Waals surface area (Å²) in [4.78, 5) is 55.5. The van der Waals surface area contributed by atoms with Crippen LogP contribution >= 0.6 is 11.8 Å². The standard InChI is InChI=1S/C21H34N4O4S/c1-6-30-20(29)21(4,5)23-18(27)16-15-11-25(15)19(28)13(10-12(2)3)22-17(26)14-8-7-9-24(14)16/h12-16H,6-11H2,1-5H3,(H,22,26)(H,23,27)/t13-,14-,15-,16+,25?/m0/s1. The molecule has 30 heavy (non-hydrogen) atoms. The highest BCUT2D eigenvalue weighted by Crippen LogP contribution is 2.33. The maximum absolute atomic E-state index is 13.4. The third-order valence-electron chi connectivity index (χ3n) is 6.06. The van der Waals surface area contributed by atoms with Crippen LogP contribution in [0.25, 0.3) is 0 Å². The van der Waals surface area contributed by atoms with Crippen molar-refractivity contribution in [2.75, 3.05) is 18.8 Å². The smallest absolute Gasteiger partial charge is 0.245 e. The number of rotatable bonds is 6. The molecule has 3 rings (SSSR count). The van der Waals surface area contributed by atoms with Crippen LogP contribution in [0.4, 0.5) is 0 Å². The molecule has 0 aromatic carbocycles. The van der Waals surface area contributed by atoms with E-state index in [4.69, 9.17) is 0 Å². The molecule has 0 aromatic rings. The first-order valence-corrected chi connectivity index (χ1v) is 11.9. The van der Waals surface area contributed by atoms with Crippen LogP contribution < -0.4 is 10.6 Å². The van der Waals surface area contributed by atoms with Crippen molar-refractivity contribution in [1.29, 1.82) is 0 Å². The molecule has 3 aliphatic rings. The van der Waals surface area contributed by atoms with Gasteiger partial charge < -0.3 is 15.5 Å². The van der Waals surface area contributed by atoms with Gasteiger partial charge in [0.2, 0.25) is 22.8 Å². The minimum absolute atomic E-state index is 0.0992. The Bertz CT molecular complexity index is 726. The van der Waals surface area contributed by atoms with E-state index in [1.807, 2.05) is 25.7 Å². The summed E-state index contributed by atoms with van der Waals surface area (Å²) in [6.45, 7) is 10.5. The van der Waals surface area contributed by atoms with E-state index >= 15 is 0 Å². The molecule has 3 saturated heterocycles. The number of hydrogen-bond acceptors (Lipinski definition) is 6. The van der Waals surface area contributed by atoms with Crippen molar-refractivity contribution in [2.24, 2.45) is 5.92 Å². The summed E-state index contributed by atoms with van der Waals surface area (Å²) in [5.41, 5.74) is -1.02. The van der Waals surface area contributed by atoms with Crippen LogP contribution in [0.1, 0.15) is 53.9 Å². The molecule has 3 aliphatic heterocycles. The van der Waals surface area contributed by atoms with Gasteiger partial charge in [0, 0.05) is 6.54 Å². The summed E-state index contributed by atoms with van der Waals surface area (Å²) >= 11 is 1.18. The van der Waals surface area contributed by atoms with Crippen molar-refractivity contribution in [1.82, 2.24) is 20.4 Å². The van der Waals surface area contributed by atoms with E-state index in [9.17, 15) is 19.2 Å². The van der Waals surface area contributed by atoms with Gasteiger partial charge in [-0.15, -0.1) is 0 Å². The maximum atomic E-state index is 13.4. The van der Waals surface area contributed by atoms with Crippen molar-refractivity contribution >= 4 is 34.6 Å². The average molecular weight is 439 g/mol. The second-order valence-corrected chi connectivity index (χ2v) is 10.7. The Hall–Kier alpha value is -1.61. The Labute approximate surface area is 182 Å². The highest BCUT2D eigenvalue weighted by molar-refractivity contribution is 8.13. The third-order valence-corrected chi connectivity index (χ3v) is 7.13. The fourth-order valence-corrected chi connectivity index (χ4v) is 5.21. The molecule has 4 atom stereocenters. The van der Waals surface area contributed by atoms with Crippen molar-refractivity contribution < 1.29 is 19.2 Å². The highest BCUT2D eigenvalue weighted by atomic mass is 32.2. The molecule has 3 fully saturated rings. The molecular weight excluding hydrogens is 404 g/mol. The number of nitrogens with one attached hydrogen (secondary N) is 2. The summed E-state index contributed by atoms with van der Waals surface area (Å²) in [6.07, 6.45) is 2.07. The van der Waals surface area contributed by atoms with Gasteiger partial charge >= 0.3 is 0 Å². The highest BCUT2D eigenvalue weighted by Gasteiger charge is 2.55. The van der Waals surface area contributed by atoms with Crippen LogP contribution in [0.15, 0.2) is 0 Å². The molecule has 0 saturated carbocycles. The molecule has 0 radical (unpaired) electrons. The normalized spacial score (nSPS) is 29.5. The monoisotopic (exact) mass is 438 g/mol. The van der Waals surface area contributed by atoms with Gasteiger partial charge in [0.15, 0.2) is 0 Å². The van der Waals surface area contributed by atoms with E-state index in [2.05, 4.69) is 10.6 Å². The van der Waals surface area contributed by atoms with E-state index in [0.717, 1.165) is 6.42 Å². The largest absolute Gasteiger partial charge is 0.343 e. The predicted molar refractivity (Wildman–Crippen MR) is 116 cm³/mol. The molecule has 0 spiro atoms. The Morgan fingerprint density at radius 1 is 1.30 bits per heavy atom. The van der Waals surface area contributed by atoms with Crippen molar-refractivity contribution in [3.63, 3.8) is 0 Å². The molecule has 3 amide bonds. The topological polar surface area (TPSA) is 98.6 Å². The lowest BCUT2D eigenvalue weighted by atomic mass is 10.0.